The van der Waals surface area contributed by atoms with E-state index in [0.29, 0.717) is 6.54 Å². The molecule has 1 aliphatic rings. The summed E-state index contributed by atoms with van der Waals surface area (Å²) in [5, 5.41) is 2.95. The summed E-state index contributed by atoms with van der Waals surface area (Å²) in [6.07, 6.45) is 2.25. The molecule has 1 fully saturated rings. The van der Waals surface area contributed by atoms with Gasteiger partial charge in [-0.25, -0.2) is 0 Å². The van der Waals surface area contributed by atoms with Crippen LogP contribution < -0.4 is 10.2 Å². The van der Waals surface area contributed by atoms with Crippen molar-refractivity contribution in [3.8, 4) is 0 Å². The second-order valence-electron chi connectivity index (χ2n) is 6.35. The highest BCUT2D eigenvalue weighted by Gasteiger charge is 2.35. The normalized spacial score (nSPS) is 17.0. The van der Waals surface area contributed by atoms with Crippen LogP contribution in [0.2, 0.25) is 0 Å². The molecule has 1 heterocycles. The van der Waals surface area contributed by atoms with Crippen LogP contribution in [0, 0.1) is 19.8 Å². The van der Waals surface area contributed by atoms with Crippen molar-refractivity contribution in [3.63, 3.8) is 0 Å². The largest absolute Gasteiger partial charge is 0.326 e. The van der Waals surface area contributed by atoms with Crippen LogP contribution in [0.25, 0.3) is 0 Å². The lowest BCUT2D eigenvalue weighted by Gasteiger charge is -2.20. The summed E-state index contributed by atoms with van der Waals surface area (Å²) in [6, 6.07) is 13.7. The van der Waals surface area contributed by atoms with Crippen LogP contribution in [0.15, 0.2) is 47.4 Å². The Bertz CT molecular complexity index is 819. The summed E-state index contributed by atoms with van der Waals surface area (Å²) in [7, 11) is 0. The molecule has 0 radical (unpaired) electrons. The molecule has 4 nitrogen and oxygen atoms in total. The zero-order chi connectivity index (χ0) is 18.0. The first kappa shape index (κ1) is 17.5. The molecule has 2 aromatic rings. The molecule has 1 saturated heterocycles. The SMILES string of the molecule is CSc1cccc(NC(=O)C2CC(=O)N(c3cccc(C)c3C)C2)c1. The molecule has 0 aromatic heterocycles. The maximum Gasteiger partial charge on any atom is 0.229 e. The number of nitrogens with one attached hydrogen (secondary N) is 1. The van der Waals surface area contributed by atoms with Crippen molar-refractivity contribution in [2.24, 2.45) is 5.92 Å². The van der Waals surface area contributed by atoms with E-state index in [2.05, 4.69) is 5.32 Å². The molecule has 3 rings (SSSR count). The van der Waals surface area contributed by atoms with E-state index in [1.807, 2.05) is 62.6 Å². The number of hydrogen-bond acceptors (Lipinski definition) is 3. The summed E-state index contributed by atoms with van der Waals surface area (Å²) >= 11 is 1.63. The number of anilines is 2. The third-order valence-corrected chi connectivity index (χ3v) is 5.43. The predicted molar refractivity (Wildman–Crippen MR) is 103 cm³/mol. The highest BCUT2D eigenvalue weighted by molar-refractivity contribution is 7.98. The standard InChI is InChI=1S/C20H22N2O2S/c1-13-6-4-9-18(14(13)2)22-12-15(10-19(22)23)20(24)21-16-7-5-8-17(11-16)25-3/h4-9,11,15H,10,12H2,1-3H3,(H,21,24). The van der Waals surface area contributed by atoms with Crippen molar-refractivity contribution in [2.75, 3.05) is 23.0 Å². The molecule has 1 aliphatic heterocycles. The van der Waals surface area contributed by atoms with E-state index < -0.39 is 0 Å². The number of benzene rings is 2. The molecule has 1 atom stereocenters. The van der Waals surface area contributed by atoms with Gasteiger partial charge in [0, 0.05) is 29.2 Å². The molecule has 0 saturated carbocycles. The van der Waals surface area contributed by atoms with Gasteiger partial charge in [0.25, 0.3) is 0 Å². The van der Waals surface area contributed by atoms with Crippen molar-refractivity contribution < 1.29 is 9.59 Å². The van der Waals surface area contributed by atoms with Gasteiger partial charge in [0.1, 0.15) is 0 Å². The molecule has 25 heavy (non-hydrogen) atoms. The Kier molecular flexibility index (Phi) is 5.13. The van der Waals surface area contributed by atoms with Gasteiger partial charge in [-0.05, 0) is 55.5 Å². The first-order valence-corrected chi connectivity index (χ1v) is 9.53. The number of amides is 2. The van der Waals surface area contributed by atoms with Crippen LogP contribution >= 0.6 is 11.8 Å². The summed E-state index contributed by atoms with van der Waals surface area (Å²) in [4.78, 5) is 27.9. The molecule has 5 heteroatoms. The van der Waals surface area contributed by atoms with Crippen molar-refractivity contribution in [2.45, 2.75) is 25.2 Å². The quantitative estimate of drug-likeness (QED) is 0.844. The molecular weight excluding hydrogens is 332 g/mol. The van der Waals surface area contributed by atoms with Gasteiger partial charge in [0.2, 0.25) is 11.8 Å². The second-order valence-corrected chi connectivity index (χ2v) is 7.23. The second kappa shape index (κ2) is 7.31. The van der Waals surface area contributed by atoms with E-state index in [9.17, 15) is 9.59 Å². The Labute approximate surface area is 152 Å². The highest BCUT2D eigenvalue weighted by Crippen LogP contribution is 2.30. The molecule has 2 amide bonds. The molecule has 1 unspecified atom stereocenters. The van der Waals surface area contributed by atoms with Crippen molar-refractivity contribution in [1.82, 2.24) is 0 Å². The lowest BCUT2D eigenvalue weighted by Crippen LogP contribution is -2.28. The molecule has 1 N–H and O–H groups in total. The Morgan fingerprint density at radius 3 is 2.72 bits per heavy atom. The number of aryl methyl sites for hydroxylation is 1. The van der Waals surface area contributed by atoms with Crippen LogP contribution in [0.3, 0.4) is 0 Å². The number of rotatable bonds is 4. The van der Waals surface area contributed by atoms with Gasteiger partial charge >= 0.3 is 0 Å². The van der Waals surface area contributed by atoms with E-state index in [0.717, 1.165) is 27.4 Å². The third-order valence-electron chi connectivity index (χ3n) is 4.70. The fourth-order valence-electron chi connectivity index (χ4n) is 3.09. The monoisotopic (exact) mass is 354 g/mol. The topological polar surface area (TPSA) is 49.4 Å². The minimum absolute atomic E-state index is 0.00622. The Hall–Kier alpha value is -2.27. The minimum Gasteiger partial charge on any atom is -0.326 e. The Morgan fingerprint density at radius 1 is 1.20 bits per heavy atom. The van der Waals surface area contributed by atoms with Crippen LogP contribution in [0.5, 0.6) is 0 Å². The number of nitrogens with zero attached hydrogens (tertiary/aromatic N) is 1. The number of thioether (sulfide) groups is 1. The van der Waals surface area contributed by atoms with Crippen molar-refractivity contribution in [1.29, 1.82) is 0 Å². The number of carbonyl (C=O) groups is 2. The van der Waals surface area contributed by atoms with E-state index in [1.54, 1.807) is 16.7 Å². The Balaban J connectivity index is 1.73. The zero-order valence-corrected chi connectivity index (χ0v) is 15.5. The van der Waals surface area contributed by atoms with Crippen molar-refractivity contribution in [3.05, 3.63) is 53.6 Å². The summed E-state index contributed by atoms with van der Waals surface area (Å²) < 4.78 is 0. The lowest BCUT2D eigenvalue weighted by atomic mass is 10.1. The summed E-state index contributed by atoms with van der Waals surface area (Å²) in [5.41, 5.74) is 3.91. The first-order valence-electron chi connectivity index (χ1n) is 8.31. The third kappa shape index (κ3) is 3.71. The number of hydrogen-bond donors (Lipinski definition) is 1. The Morgan fingerprint density at radius 2 is 1.96 bits per heavy atom. The van der Waals surface area contributed by atoms with Gasteiger partial charge in [-0.1, -0.05) is 18.2 Å². The van der Waals surface area contributed by atoms with E-state index in [4.69, 9.17) is 0 Å². The number of carbonyl (C=O) groups excluding carboxylic acids is 2. The van der Waals surface area contributed by atoms with E-state index in [-0.39, 0.29) is 24.2 Å². The summed E-state index contributed by atoms with van der Waals surface area (Å²) in [6.45, 7) is 4.47. The molecular formula is C20H22N2O2S. The van der Waals surface area contributed by atoms with E-state index in [1.165, 1.54) is 0 Å². The molecule has 0 aliphatic carbocycles. The molecule has 2 aromatic carbocycles. The van der Waals surface area contributed by atoms with Gasteiger partial charge < -0.3 is 10.2 Å². The van der Waals surface area contributed by atoms with Gasteiger partial charge in [-0.3, -0.25) is 9.59 Å². The summed E-state index contributed by atoms with van der Waals surface area (Å²) in [5.74, 6) is -0.420. The minimum atomic E-state index is -0.328. The van der Waals surface area contributed by atoms with Crippen LogP contribution in [0.1, 0.15) is 17.5 Å². The highest BCUT2D eigenvalue weighted by atomic mass is 32.2. The van der Waals surface area contributed by atoms with Gasteiger partial charge in [-0.15, -0.1) is 11.8 Å². The average molecular weight is 354 g/mol. The fraction of sp³-hybridized carbons (Fsp3) is 0.300. The van der Waals surface area contributed by atoms with Gasteiger partial charge in [0.05, 0.1) is 5.92 Å². The van der Waals surface area contributed by atoms with Crippen LogP contribution in [-0.2, 0) is 9.59 Å². The van der Waals surface area contributed by atoms with Crippen molar-refractivity contribution >= 4 is 35.0 Å². The average Bonchev–Trinajstić information content (AvgIpc) is 2.99. The van der Waals surface area contributed by atoms with E-state index >= 15 is 0 Å². The van der Waals surface area contributed by atoms with Crippen LogP contribution in [-0.4, -0.2) is 24.6 Å². The van der Waals surface area contributed by atoms with Gasteiger partial charge in [-0.2, -0.15) is 0 Å². The fourth-order valence-corrected chi connectivity index (χ4v) is 3.55. The molecule has 0 bridgehead atoms. The zero-order valence-electron chi connectivity index (χ0n) is 14.7. The molecule has 0 spiro atoms. The van der Waals surface area contributed by atoms with Gasteiger partial charge in [0.15, 0.2) is 0 Å². The smallest absolute Gasteiger partial charge is 0.229 e. The lowest BCUT2D eigenvalue weighted by molar-refractivity contribution is -0.122. The maximum atomic E-state index is 12.6. The maximum absolute atomic E-state index is 12.6. The molecule has 130 valence electrons. The first-order chi connectivity index (χ1) is 12.0. The predicted octanol–water partition coefficient (Wildman–Crippen LogP) is 4.02. The van der Waals surface area contributed by atoms with Crippen LogP contribution in [0.4, 0.5) is 11.4 Å².